The molecule has 1 amide bonds. The molecule has 8 heteroatoms. The number of hydrogen-bond donors (Lipinski definition) is 0. The van der Waals surface area contributed by atoms with Gasteiger partial charge in [0.1, 0.15) is 11.5 Å². The van der Waals surface area contributed by atoms with E-state index in [0.29, 0.717) is 25.5 Å². The van der Waals surface area contributed by atoms with Crippen LogP contribution in [0.3, 0.4) is 0 Å². The summed E-state index contributed by atoms with van der Waals surface area (Å²) in [7, 11) is 5.56. The zero-order chi connectivity index (χ0) is 23.5. The van der Waals surface area contributed by atoms with Crippen LogP contribution in [-0.2, 0) is 11.2 Å². The van der Waals surface area contributed by atoms with Crippen molar-refractivity contribution in [2.75, 3.05) is 39.2 Å². The van der Waals surface area contributed by atoms with E-state index < -0.39 is 0 Å². The fourth-order valence-electron chi connectivity index (χ4n) is 4.32. The van der Waals surface area contributed by atoms with Crippen LogP contribution in [0.25, 0.3) is 11.1 Å². The molecule has 2 aromatic heterocycles. The van der Waals surface area contributed by atoms with Crippen molar-refractivity contribution in [3.05, 3.63) is 53.2 Å². The number of aromatic nitrogens is 3. The maximum Gasteiger partial charge on any atom is 0.227 e. The minimum atomic E-state index is 0.120. The third-order valence-corrected chi connectivity index (χ3v) is 6.35. The molecule has 1 aromatic carbocycles. The molecule has 3 heterocycles. The highest BCUT2D eigenvalue weighted by molar-refractivity contribution is 5.79. The molecule has 1 aliphatic rings. The van der Waals surface area contributed by atoms with Crippen LogP contribution in [0.5, 0.6) is 5.75 Å². The third-order valence-electron chi connectivity index (χ3n) is 6.35. The van der Waals surface area contributed by atoms with Crippen molar-refractivity contribution >= 4 is 11.9 Å². The predicted octanol–water partition coefficient (Wildman–Crippen LogP) is 3.77. The van der Waals surface area contributed by atoms with Crippen LogP contribution in [0.15, 0.2) is 35.0 Å². The lowest BCUT2D eigenvalue weighted by Crippen LogP contribution is -2.39. The van der Waals surface area contributed by atoms with E-state index in [2.05, 4.69) is 10.1 Å². The zero-order valence-electron chi connectivity index (χ0n) is 20.0. The van der Waals surface area contributed by atoms with E-state index in [4.69, 9.17) is 14.2 Å². The Kier molecular flexibility index (Phi) is 6.62. The molecular formula is C25H31N5O3. The van der Waals surface area contributed by atoms with Crippen molar-refractivity contribution in [2.24, 2.45) is 0 Å². The van der Waals surface area contributed by atoms with Crippen LogP contribution in [-0.4, -0.2) is 60.2 Å². The maximum absolute atomic E-state index is 12.9. The first kappa shape index (κ1) is 22.8. The molecule has 0 aliphatic carbocycles. The van der Waals surface area contributed by atoms with Gasteiger partial charge in [0.25, 0.3) is 0 Å². The van der Waals surface area contributed by atoms with Crippen molar-refractivity contribution < 1.29 is 14.1 Å². The number of hydrogen-bond acceptors (Lipinski definition) is 7. The molecule has 8 nitrogen and oxygen atoms in total. The Morgan fingerprint density at radius 3 is 2.45 bits per heavy atom. The quantitative estimate of drug-likeness (QED) is 0.566. The number of anilines is 1. The molecule has 4 rings (SSSR count). The number of piperidine rings is 1. The highest BCUT2D eigenvalue weighted by Gasteiger charge is 2.28. The first-order valence-electron chi connectivity index (χ1n) is 11.3. The van der Waals surface area contributed by atoms with E-state index >= 15 is 0 Å². The lowest BCUT2D eigenvalue weighted by molar-refractivity contribution is -0.131. The Bertz CT molecular complexity index is 1100. The van der Waals surface area contributed by atoms with Gasteiger partial charge in [-0.05, 0) is 44.4 Å². The van der Waals surface area contributed by atoms with Crippen molar-refractivity contribution in [3.8, 4) is 16.9 Å². The molecule has 1 saturated heterocycles. The number of ether oxygens (including phenoxy) is 1. The predicted molar refractivity (Wildman–Crippen MR) is 127 cm³/mol. The van der Waals surface area contributed by atoms with Gasteiger partial charge in [0.05, 0.1) is 24.9 Å². The lowest BCUT2D eigenvalue weighted by atomic mass is 9.88. The molecule has 0 bridgehead atoms. The summed E-state index contributed by atoms with van der Waals surface area (Å²) in [4.78, 5) is 26.3. The summed E-state index contributed by atoms with van der Waals surface area (Å²) < 4.78 is 10.5. The Hall–Kier alpha value is -3.42. The average Bonchev–Trinajstić information content (AvgIpc) is 3.16. The summed E-state index contributed by atoms with van der Waals surface area (Å²) in [6, 6.07) is 7.99. The topological polar surface area (TPSA) is 84.6 Å². The molecule has 33 heavy (non-hydrogen) atoms. The molecule has 3 aromatic rings. The minimum Gasteiger partial charge on any atom is -0.497 e. The summed E-state index contributed by atoms with van der Waals surface area (Å²) >= 11 is 0. The fraction of sp³-hybridized carbons (Fsp3) is 0.440. The zero-order valence-corrected chi connectivity index (χ0v) is 20.0. The van der Waals surface area contributed by atoms with E-state index in [-0.39, 0.29) is 11.8 Å². The van der Waals surface area contributed by atoms with Gasteiger partial charge in [-0.1, -0.05) is 17.3 Å². The van der Waals surface area contributed by atoms with Crippen LogP contribution >= 0.6 is 0 Å². The molecule has 0 radical (unpaired) electrons. The highest BCUT2D eigenvalue weighted by atomic mass is 16.5. The second-order valence-corrected chi connectivity index (χ2v) is 8.73. The fourth-order valence-corrected chi connectivity index (χ4v) is 4.32. The third kappa shape index (κ3) is 4.84. The molecular weight excluding hydrogens is 418 g/mol. The Balaban J connectivity index is 1.53. The average molecular weight is 450 g/mol. The normalized spacial score (nSPS) is 14.4. The van der Waals surface area contributed by atoms with Crippen molar-refractivity contribution in [3.63, 3.8) is 0 Å². The Labute approximate surface area is 194 Å². The van der Waals surface area contributed by atoms with E-state index in [0.717, 1.165) is 52.4 Å². The van der Waals surface area contributed by atoms with Gasteiger partial charge in [0, 0.05) is 50.4 Å². The summed E-state index contributed by atoms with van der Waals surface area (Å²) in [6.07, 6.45) is 3.97. The number of aryl methyl sites for hydroxylation is 2. The number of likely N-dealkylation sites (tertiary alicyclic amines) is 1. The van der Waals surface area contributed by atoms with E-state index in [1.54, 1.807) is 7.11 Å². The van der Waals surface area contributed by atoms with Gasteiger partial charge in [0.15, 0.2) is 0 Å². The summed E-state index contributed by atoms with van der Waals surface area (Å²) in [6.45, 7) is 5.14. The first-order chi connectivity index (χ1) is 15.9. The van der Waals surface area contributed by atoms with Crippen molar-refractivity contribution in [2.45, 2.75) is 39.0 Å². The van der Waals surface area contributed by atoms with Crippen LogP contribution in [0.1, 0.15) is 41.5 Å². The SMILES string of the molecule is COc1ccc(-c2cnc(N(C)C)nc2C2CCN(C(=O)Cc3c(C)noc3C)CC2)cc1. The van der Waals surface area contributed by atoms with Gasteiger partial charge in [0.2, 0.25) is 11.9 Å². The van der Waals surface area contributed by atoms with Gasteiger partial charge in [-0.25, -0.2) is 9.97 Å². The second-order valence-electron chi connectivity index (χ2n) is 8.73. The molecule has 0 saturated carbocycles. The summed E-state index contributed by atoms with van der Waals surface area (Å²) in [5, 5.41) is 3.97. The Morgan fingerprint density at radius 2 is 1.88 bits per heavy atom. The molecule has 1 aliphatic heterocycles. The largest absolute Gasteiger partial charge is 0.497 e. The number of benzene rings is 1. The van der Waals surface area contributed by atoms with Crippen LogP contribution < -0.4 is 9.64 Å². The van der Waals surface area contributed by atoms with Gasteiger partial charge >= 0.3 is 0 Å². The number of rotatable bonds is 6. The number of methoxy groups -OCH3 is 1. The standard InChI is InChI=1S/C25H31N5O3/c1-16-21(17(2)33-28-16)14-23(31)30-12-10-19(11-13-30)24-22(15-26-25(27-24)29(3)4)18-6-8-20(32-5)9-7-18/h6-9,15,19H,10-14H2,1-5H3. The monoisotopic (exact) mass is 449 g/mol. The van der Waals surface area contributed by atoms with Crippen LogP contribution in [0.4, 0.5) is 5.95 Å². The van der Waals surface area contributed by atoms with Gasteiger partial charge in [-0.15, -0.1) is 0 Å². The number of carbonyl (C=O) groups is 1. The molecule has 0 atom stereocenters. The Morgan fingerprint density at radius 1 is 1.18 bits per heavy atom. The van der Waals surface area contributed by atoms with E-state index in [1.165, 1.54) is 0 Å². The lowest BCUT2D eigenvalue weighted by Gasteiger charge is -2.33. The first-order valence-corrected chi connectivity index (χ1v) is 11.3. The molecule has 174 valence electrons. The summed E-state index contributed by atoms with van der Waals surface area (Å²) in [5.41, 5.74) is 4.82. The van der Waals surface area contributed by atoms with E-state index in [1.807, 2.05) is 68.2 Å². The van der Waals surface area contributed by atoms with E-state index in [9.17, 15) is 4.79 Å². The van der Waals surface area contributed by atoms with Gasteiger partial charge in [-0.3, -0.25) is 4.79 Å². The van der Waals surface area contributed by atoms with Gasteiger partial charge in [-0.2, -0.15) is 0 Å². The maximum atomic E-state index is 12.9. The molecule has 0 N–H and O–H groups in total. The van der Waals surface area contributed by atoms with Crippen LogP contribution in [0, 0.1) is 13.8 Å². The summed E-state index contributed by atoms with van der Waals surface area (Å²) in [5.74, 6) is 2.61. The second kappa shape index (κ2) is 9.60. The smallest absolute Gasteiger partial charge is 0.227 e. The minimum absolute atomic E-state index is 0.120. The van der Waals surface area contributed by atoms with Crippen LogP contribution in [0.2, 0.25) is 0 Å². The highest BCUT2D eigenvalue weighted by Crippen LogP contribution is 2.35. The van der Waals surface area contributed by atoms with Crippen molar-refractivity contribution in [1.29, 1.82) is 0 Å². The molecule has 1 fully saturated rings. The van der Waals surface area contributed by atoms with Crippen molar-refractivity contribution in [1.82, 2.24) is 20.0 Å². The molecule has 0 spiro atoms. The molecule has 0 unspecified atom stereocenters. The van der Waals surface area contributed by atoms with Gasteiger partial charge < -0.3 is 19.1 Å². The number of carbonyl (C=O) groups excluding carboxylic acids is 1. The number of amides is 1. The number of nitrogens with zero attached hydrogens (tertiary/aromatic N) is 5.